The quantitative estimate of drug-likeness (QED) is 0.609. The molecule has 4 N–H and O–H groups in total. The fraction of sp³-hybridized carbons (Fsp3) is 0. The molecule has 2 rings (SSSR count). The van der Waals surface area contributed by atoms with E-state index in [1.54, 1.807) is 18.4 Å². The van der Waals surface area contributed by atoms with Crippen molar-refractivity contribution in [3.63, 3.8) is 0 Å². The molecule has 0 fully saturated rings. The highest BCUT2D eigenvalue weighted by Gasteiger charge is 2.00. The number of nitrogen functional groups attached to an aromatic ring is 1. The maximum absolute atomic E-state index is 5.31. The molecule has 0 aliphatic heterocycles. The predicted octanol–water partition coefficient (Wildman–Crippen LogP) is 0.724. The van der Waals surface area contributed by atoms with E-state index in [-0.39, 0.29) is 5.95 Å². The average Bonchev–Trinajstić information content (AvgIpc) is 2.63. The molecule has 6 heteroatoms. The number of aromatic amines is 1. The van der Waals surface area contributed by atoms with Crippen LogP contribution in [0.25, 0.3) is 0 Å². The summed E-state index contributed by atoms with van der Waals surface area (Å²) in [5.41, 5.74) is 5.31. The lowest BCUT2D eigenvalue weighted by Gasteiger charge is -1.93. The average molecular weight is 165 g/mol. The number of aromatic nitrogens is 3. The molecule has 0 aliphatic rings. The summed E-state index contributed by atoms with van der Waals surface area (Å²) in [6, 6.07) is 3.53. The highest BCUT2D eigenvalue weighted by atomic mass is 16.3. The number of nitrogens with one attached hydrogen (secondary N) is 2. The van der Waals surface area contributed by atoms with Gasteiger partial charge >= 0.3 is 0 Å². The Hall–Kier alpha value is -1.98. The van der Waals surface area contributed by atoms with Gasteiger partial charge in [-0.15, -0.1) is 10.2 Å². The molecule has 0 radical (unpaired) electrons. The van der Waals surface area contributed by atoms with Crippen molar-refractivity contribution in [1.29, 1.82) is 0 Å². The zero-order valence-electron chi connectivity index (χ0n) is 6.11. The minimum atomic E-state index is 0.268. The molecule has 62 valence electrons. The van der Waals surface area contributed by atoms with Gasteiger partial charge in [0, 0.05) is 6.07 Å². The van der Waals surface area contributed by atoms with E-state index in [4.69, 9.17) is 10.2 Å². The van der Waals surface area contributed by atoms with Gasteiger partial charge in [-0.05, 0) is 6.07 Å². The zero-order valence-corrected chi connectivity index (χ0v) is 6.11. The van der Waals surface area contributed by atoms with Gasteiger partial charge in [0.15, 0.2) is 5.88 Å². The molecule has 0 saturated heterocycles. The third-order valence-corrected chi connectivity index (χ3v) is 1.27. The van der Waals surface area contributed by atoms with Gasteiger partial charge in [0.05, 0.1) is 6.26 Å². The van der Waals surface area contributed by atoms with Crippen LogP contribution in [-0.2, 0) is 0 Å². The number of nitrogens with zero attached hydrogens (tertiary/aromatic N) is 2. The molecule has 2 aromatic heterocycles. The summed E-state index contributed by atoms with van der Waals surface area (Å²) in [6.45, 7) is 0. The summed E-state index contributed by atoms with van der Waals surface area (Å²) < 4.78 is 5.01. The van der Waals surface area contributed by atoms with Crippen molar-refractivity contribution in [3.8, 4) is 0 Å². The largest absolute Gasteiger partial charge is 0.449 e. The predicted molar refractivity (Wildman–Crippen MR) is 42.8 cm³/mol. The highest BCUT2D eigenvalue weighted by Crippen LogP contribution is 2.12. The Morgan fingerprint density at radius 3 is 3.00 bits per heavy atom. The number of nitrogens with two attached hydrogens (primary N) is 1. The Bertz CT molecular complexity index is 352. The van der Waals surface area contributed by atoms with Crippen molar-refractivity contribution in [2.24, 2.45) is 0 Å². The molecule has 2 aromatic rings. The summed E-state index contributed by atoms with van der Waals surface area (Å²) in [6.07, 6.45) is 1.56. The van der Waals surface area contributed by atoms with Crippen LogP contribution in [0.15, 0.2) is 22.8 Å². The second kappa shape index (κ2) is 2.57. The molecular weight excluding hydrogens is 158 g/mol. The number of H-pyrrole nitrogens is 1. The monoisotopic (exact) mass is 165 g/mol. The van der Waals surface area contributed by atoms with Gasteiger partial charge in [-0.2, -0.15) is 0 Å². The van der Waals surface area contributed by atoms with Crippen LogP contribution in [0.2, 0.25) is 0 Å². The summed E-state index contributed by atoms with van der Waals surface area (Å²) in [5, 5.41) is 10.1. The van der Waals surface area contributed by atoms with E-state index in [1.807, 2.05) is 0 Å². The van der Waals surface area contributed by atoms with Crippen LogP contribution in [-0.4, -0.2) is 15.2 Å². The van der Waals surface area contributed by atoms with E-state index in [9.17, 15) is 0 Å². The maximum atomic E-state index is 5.31. The van der Waals surface area contributed by atoms with Gasteiger partial charge in [-0.25, -0.2) is 0 Å². The maximum Gasteiger partial charge on any atom is 0.230 e. The first-order chi connectivity index (χ1) is 5.84. The third kappa shape index (κ3) is 1.22. The van der Waals surface area contributed by atoms with Crippen molar-refractivity contribution in [2.75, 3.05) is 11.1 Å². The zero-order chi connectivity index (χ0) is 8.39. The van der Waals surface area contributed by atoms with Crippen LogP contribution in [0.4, 0.5) is 17.8 Å². The minimum Gasteiger partial charge on any atom is -0.449 e. The first-order valence-corrected chi connectivity index (χ1v) is 3.33. The first-order valence-electron chi connectivity index (χ1n) is 3.33. The van der Waals surface area contributed by atoms with Crippen LogP contribution in [0.5, 0.6) is 0 Å². The SMILES string of the molecule is Nc1nnc(Nc2ccco2)[nH]1. The van der Waals surface area contributed by atoms with Gasteiger partial charge in [0.1, 0.15) is 0 Å². The summed E-state index contributed by atoms with van der Waals surface area (Å²) >= 11 is 0. The van der Waals surface area contributed by atoms with Crippen LogP contribution in [0, 0.1) is 0 Å². The summed E-state index contributed by atoms with van der Waals surface area (Å²) in [5.74, 6) is 1.32. The molecule has 0 unspecified atom stereocenters. The Kier molecular flexibility index (Phi) is 1.44. The van der Waals surface area contributed by atoms with Gasteiger partial charge < -0.3 is 10.2 Å². The van der Waals surface area contributed by atoms with Gasteiger partial charge in [0.25, 0.3) is 0 Å². The van der Waals surface area contributed by atoms with E-state index >= 15 is 0 Å². The van der Waals surface area contributed by atoms with Crippen LogP contribution >= 0.6 is 0 Å². The van der Waals surface area contributed by atoms with Crippen molar-refractivity contribution in [1.82, 2.24) is 15.2 Å². The van der Waals surface area contributed by atoms with Gasteiger partial charge in [0.2, 0.25) is 11.9 Å². The molecule has 0 aliphatic carbocycles. The third-order valence-electron chi connectivity index (χ3n) is 1.27. The number of hydrogen-bond acceptors (Lipinski definition) is 5. The number of hydrogen-bond donors (Lipinski definition) is 3. The van der Waals surface area contributed by atoms with Crippen LogP contribution in [0.3, 0.4) is 0 Å². The molecule has 2 heterocycles. The molecule has 0 aromatic carbocycles. The lowest BCUT2D eigenvalue weighted by atomic mass is 10.6. The fourth-order valence-corrected chi connectivity index (χ4v) is 0.798. The van der Waals surface area contributed by atoms with Crippen molar-refractivity contribution >= 4 is 17.8 Å². The van der Waals surface area contributed by atoms with E-state index in [2.05, 4.69) is 20.5 Å². The number of rotatable bonds is 2. The van der Waals surface area contributed by atoms with Crippen LogP contribution in [0.1, 0.15) is 0 Å². The summed E-state index contributed by atoms with van der Waals surface area (Å²) in [4.78, 5) is 2.70. The van der Waals surface area contributed by atoms with Crippen molar-refractivity contribution in [2.45, 2.75) is 0 Å². The molecular formula is C6H7N5O. The lowest BCUT2D eigenvalue weighted by Crippen LogP contribution is -1.90. The second-order valence-electron chi connectivity index (χ2n) is 2.16. The molecule has 0 bridgehead atoms. The summed E-state index contributed by atoms with van der Waals surface area (Å²) in [7, 11) is 0. The highest BCUT2D eigenvalue weighted by molar-refractivity contribution is 5.45. The Morgan fingerprint density at radius 2 is 2.42 bits per heavy atom. The van der Waals surface area contributed by atoms with Crippen LogP contribution < -0.4 is 11.1 Å². The Labute approximate surface area is 67.8 Å². The number of furan rings is 1. The van der Waals surface area contributed by atoms with E-state index in [0.717, 1.165) is 0 Å². The normalized spacial score (nSPS) is 10.0. The molecule has 0 atom stereocenters. The van der Waals surface area contributed by atoms with Gasteiger partial charge in [-0.1, -0.05) is 0 Å². The second-order valence-corrected chi connectivity index (χ2v) is 2.16. The molecule has 0 amide bonds. The van der Waals surface area contributed by atoms with E-state index in [0.29, 0.717) is 11.8 Å². The molecule has 12 heavy (non-hydrogen) atoms. The van der Waals surface area contributed by atoms with Crippen molar-refractivity contribution < 1.29 is 4.42 Å². The minimum absolute atomic E-state index is 0.268. The fourth-order valence-electron chi connectivity index (χ4n) is 0.798. The Balaban J connectivity index is 2.14. The van der Waals surface area contributed by atoms with E-state index in [1.165, 1.54) is 0 Å². The number of anilines is 3. The standard InChI is InChI=1S/C6H7N5O/c7-5-9-6(11-10-5)8-4-2-1-3-12-4/h1-3H,(H4,7,8,9,10,11). The smallest absolute Gasteiger partial charge is 0.230 e. The lowest BCUT2D eigenvalue weighted by molar-refractivity contribution is 0.584. The Morgan fingerprint density at radius 1 is 1.50 bits per heavy atom. The molecule has 0 saturated carbocycles. The molecule has 6 nitrogen and oxygen atoms in total. The topological polar surface area (TPSA) is 92.8 Å². The van der Waals surface area contributed by atoms with Gasteiger partial charge in [-0.3, -0.25) is 10.3 Å². The van der Waals surface area contributed by atoms with Crippen molar-refractivity contribution in [3.05, 3.63) is 18.4 Å². The molecule has 0 spiro atoms. The van der Waals surface area contributed by atoms with E-state index < -0.39 is 0 Å². The first kappa shape index (κ1) is 6.71.